The third-order valence-electron chi connectivity index (χ3n) is 3.64. The van der Waals surface area contributed by atoms with Crippen molar-refractivity contribution in [2.24, 2.45) is 5.92 Å². The third kappa shape index (κ3) is 4.90. The van der Waals surface area contributed by atoms with Crippen molar-refractivity contribution in [1.29, 1.82) is 0 Å². The molecule has 1 saturated carbocycles. The van der Waals surface area contributed by atoms with E-state index in [0.717, 1.165) is 32.2 Å². The van der Waals surface area contributed by atoms with Crippen molar-refractivity contribution in [3.8, 4) is 0 Å². The molecule has 0 spiro atoms. The molecule has 0 heterocycles. The van der Waals surface area contributed by atoms with Crippen molar-refractivity contribution in [2.45, 2.75) is 31.8 Å². The number of aliphatic hydroxyl groups excluding tert-OH is 1. The molecule has 110 valence electrons. The van der Waals surface area contributed by atoms with E-state index in [-0.39, 0.29) is 24.4 Å². The molecule has 4 nitrogen and oxygen atoms in total. The first-order chi connectivity index (χ1) is 9.63. The minimum Gasteiger partial charge on any atom is -0.393 e. The highest BCUT2D eigenvalue weighted by molar-refractivity contribution is 5.92. The molecule has 1 aliphatic rings. The van der Waals surface area contributed by atoms with Crippen molar-refractivity contribution in [1.82, 2.24) is 5.32 Å². The number of aliphatic hydroxyl groups is 1. The van der Waals surface area contributed by atoms with Crippen LogP contribution >= 0.6 is 0 Å². The molecular formula is C15H21FN2O2. The number of carbonyl (C=O) groups is 1. The predicted molar refractivity (Wildman–Crippen MR) is 75.9 cm³/mol. The second-order valence-electron chi connectivity index (χ2n) is 5.36. The van der Waals surface area contributed by atoms with E-state index >= 15 is 0 Å². The van der Waals surface area contributed by atoms with Crippen molar-refractivity contribution in [3.05, 3.63) is 30.1 Å². The number of rotatable bonds is 5. The summed E-state index contributed by atoms with van der Waals surface area (Å²) >= 11 is 0. The summed E-state index contributed by atoms with van der Waals surface area (Å²) in [7, 11) is 0. The fraction of sp³-hybridized carbons (Fsp3) is 0.533. The zero-order valence-electron chi connectivity index (χ0n) is 11.4. The second-order valence-corrected chi connectivity index (χ2v) is 5.36. The lowest BCUT2D eigenvalue weighted by Gasteiger charge is -2.25. The number of nitrogens with one attached hydrogen (secondary N) is 2. The van der Waals surface area contributed by atoms with Gasteiger partial charge in [0.15, 0.2) is 0 Å². The molecule has 0 aliphatic heterocycles. The van der Waals surface area contributed by atoms with E-state index in [9.17, 15) is 14.3 Å². The van der Waals surface area contributed by atoms with E-state index in [0.29, 0.717) is 11.6 Å². The van der Waals surface area contributed by atoms with Gasteiger partial charge in [-0.05, 0) is 56.3 Å². The van der Waals surface area contributed by atoms with Crippen molar-refractivity contribution in [2.75, 3.05) is 18.4 Å². The third-order valence-corrected chi connectivity index (χ3v) is 3.64. The number of hydrogen-bond donors (Lipinski definition) is 3. The van der Waals surface area contributed by atoms with E-state index < -0.39 is 0 Å². The topological polar surface area (TPSA) is 61.4 Å². The number of anilines is 1. The van der Waals surface area contributed by atoms with Gasteiger partial charge in [0.25, 0.3) is 0 Å². The second kappa shape index (κ2) is 7.36. The van der Waals surface area contributed by atoms with Crippen LogP contribution in [0.4, 0.5) is 10.1 Å². The van der Waals surface area contributed by atoms with Gasteiger partial charge in [-0.1, -0.05) is 6.07 Å². The van der Waals surface area contributed by atoms with Crippen LogP contribution in [0.15, 0.2) is 24.3 Å². The highest BCUT2D eigenvalue weighted by Crippen LogP contribution is 2.23. The van der Waals surface area contributed by atoms with E-state index in [2.05, 4.69) is 10.6 Å². The standard InChI is InChI=1S/C15H21FN2O2/c16-12-2-1-3-13(8-12)18-15(20)10-17-9-11-4-6-14(19)7-5-11/h1-3,8,11,14,17,19H,4-7,9-10H2,(H,18,20). The van der Waals surface area contributed by atoms with E-state index in [1.54, 1.807) is 12.1 Å². The Hall–Kier alpha value is -1.46. The van der Waals surface area contributed by atoms with Crippen molar-refractivity contribution >= 4 is 11.6 Å². The molecule has 0 radical (unpaired) electrons. The van der Waals surface area contributed by atoms with E-state index in [1.807, 2.05) is 0 Å². The Kier molecular flexibility index (Phi) is 5.49. The lowest BCUT2D eigenvalue weighted by molar-refractivity contribution is -0.115. The lowest BCUT2D eigenvalue weighted by atomic mass is 9.87. The lowest BCUT2D eigenvalue weighted by Crippen LogP contribution is -2.33. The monoisotopic (exact) mass is 280 g/mol. The van der Waals surface area contributed by atoms with Gasteiger partial charge in [-0.15, -0.1) is 0 Å². The van der Waals surface area contributed by atoms with Crippen molar-refractivity contribution in [3.63, 3.8) is 0 Å². The molecule has 3 N–H and O–H groups in total. The van der Waals surface area contributed by atoms with Crippen LogP contribution in [0.5, 0.6) is 0 Å². The van der Waals surface area contributed by atoms with Gasteiger partial charge in [-0.25, -0.2) is 4.39 Å². The van der Waals surface area contributed by atoms with Crippen LogP contribution in [-0.2, 0) is 4.79 Å². The maximum absolute atomic E-state index is 13.0. The Labute approximate surface area is 118 Å². The van der Waals surface area contributed by atoms with Gasteiger partial charge in [0.2, 0.25) is 5.91 Å². The van der Waals surface area contributed by atoms with Crippen LogP contribution < -0.4 is 10.6 Å². The van der Waals surface area contributed by atoms with E-state index in [4.69, 9.17) is 0 Å². The van der Waals surface area contributed by atoms with Gasteiger partial charge in [0.1, 0.15) is 5.82 Å². The molecular weight excluding hydrogens is 259 g/mol. The molecule has 0 bridgehead atoms. The molecule has 2 rings (SSSR count). The van der Waals surface area contributed by atoms with Crippen LogP contribution in [0.25, 0.3) is 0 Å². The highest BCUT2D eigenvalue weighted by atomic mass is 19.1. The number of benzene rings is 1. The Balaban J connectivity index is 1.65. The van der Waals surface area contributed by atoms with Gasteiger partial charge in [-0.2, -0.15) is 0 Å². The Morgan fingerprint density at radius 3 is 2.75 bits per heavy atom. The van der Waals surface area contributed by atoms with Gasteiger partial charge in [-0.3, -0.25) is 4.79 Å². The molecule has 0 aromatic heterocycles. The summed E-state index contributed by atoms with van der Waals surface area (Å²) in [6.07, 6.45) is 3.55. The summed E-state index contributed by atoms with van der Waals surface area (Å²) in [4.78, 5) is 11.7. The zero-order valence-corrected chi connectivity index (χ0v) is 11.4. The summed E-state index contributed by atoms with van der Waals surface area (Å²) < 4.78 is 13.0. The predicted octanol–water partition coefficient (Wildman–Crippen LogP) is 1.90. The molecule has 1 aliphatic carbocycles. The molecule has 20 heavy (non-hydrogen) atoms. The largest absolute Gasteiger partial charge is 0.393 e. The first-order valence-electron chi connectivity index (χ1n) is 7.07. The summed E-state index contributed by atoms with van der Waals surface area (Å²) in [5.41, 5.74) is 0.470. The number of carbonyl (C=O) groups excluding carboxylic acids is 1. The molecule has 1 aromatic carbocycles. The normalized spacial score (nSPS) is 22.5. The summed E-state index contributed by atoms with van der Waals surface area (Å²) in [5.74, 6) is -0.0108. The average Bonchev–Trinajstić information content (AvgIpc) is 2.41. The van der Waals surface area contributed by atoms with Crippen LogP contribution in [0.1, 0.15) is 25.7 Å². The fourth-order valence-corrected chi connectivity index (χ4v) is 2.51. The smallest absolute Gasteiger partial charge is 0.238 e. The SMILES string of the molecule is O=C(CNCC1CCC(O)CC1)Nc1cccc(F)c1. The van der Waals surface area contributed by atoms with Crippen molar-refractivity contribution < 1.29 is 14.3 Å². The number of halogens is 1. The van der Waals surface area contributed by atoms with Crippen LogP contribution in [0.3, 0.4) is 0 Å². The minimum absolute atomic E-state index is 0.150. The molecule has 0 saturated heterocycles. The Bertz CT molecular complexity index is 445. The quantitative estimate of drug-likeness (QED) is 0.772. The Morgan fingerprint density at radius 1 is 1.30 bits per heavy atom. The molecule has 5 heteroatoms. The number of hydrogen-bond acceptors (Lipinski definition) is 3. The van der Waals surface area contributed by atoms with Gasteiger partial charge in [0, 0.05) is 5.69 Å². The first kappa shape index (κ1) is 14.9. The van der Waals surface area contributed by atoms with Crippen LogP contribution in [-0.4, -0.2) is 30.2 Å². The van der Waals surface area contributed by atoms with E-state index in [1.165, 1.54) is 12.1 Å². The number of amides is 1. The molecule has 1 aromatic rings. The summed E-state index contributed by atoms with van der Waals surface area (Å²) in [6.45, 7) is 0.999. The van der Waals surface area contributed by atoms with Gasteiger partial charge in [0.05, 0.1) is 12.6 Å². The van der Waals surface area contributed by atoms with Gasteiger partial charge < -0.3 is 15.7 Å². The first-order valence-corrected chi connectivity index (χ1v) is 7.07. The van der Waals surface area contributed by atoms with Gasteiger partial charge >= 0.3 is 0 Å². The molecule has 0 unspecified atom stereocenters. The summed E-state index contributed by atoms with van der Waals surface area (Å²) in [6, 6.07) is 5.85. The fourth-order valence-electron chi connectivity index (χ4n) is 2.51. The average molecular weight is 280 g/mol. The maximum atomic E-state index is 13.0. The molecule has 1 amide bonds. The highest BCUT2D eigenvalue weighted by Gasteiger charge is 2.18. The summed E-state index contributed by atoms with van der Waals surface area (Å²) in [5, 5.41) is 15.2. The van der Waals surface area contributed by atoms with Crippen LogP contribution in [0, 0.1) is 11.7 Å². The van der Waals surface area contributed by atoms with Crippen LogP contribution in [0.2, 0.25) is 0 Å². The maximum Gasteiger partial charge on any atom is 0.238 e. The molecule has 0 atom stereocenters. The minimum atomic E-state index is -0.364. The zero-order chi connectivity index (χ0) is 14.4. The Morgan fingerprint density at radius 2 is 2.05 bits per heavy atom. The molecule has 1 fully saturated rings.